The molecule has 2 aliphatic heterocycles. The minimum Gasteiger partial charge on any atom is -0.497 e. The lowest BCUT2D eigenvalue weighted by atomic mass is 10.0. The number of ether oxygens (including phenoxy) is 1. The van der Waals surface area contributed by atoms with E-state index in [2.05, 4.69) is 35.0 Å². The van der Waals surface area contributed by atoms with Crippen molar-refractivity contribution in [1.29, 1.82) is 0 Å². The van der Waals surface area contributed by atoms with E-state index in [0.717, 1.165) is 30.5 Å². The van der Waals surface area contributed by atoms with Gasteiger partial charge in [0.15, 0.2) is 0 Å². The van der Waals surface area contributed by atoms with Crippen molar-refractivity contribution in [2.24, 2.45) is 0 Å². The van der Waals surface area contributed by atoms with Gasteiger partial charge in [0.1, 0.15) is 17.4 Å². The number of hydrogen-bond acceptors (Lipinski definition) is 8. The van der Waals surface area contributed by atoms with Gasteiger partial charge in [-0.2, -0.15) is 13.2 Å². The molecule has 1 atom stereocenters. The van der Waals surface area contributed by atoms with Crippen LogP contribution in [-0.4, -0.2) is 52.7 Å². The van der Waals surface area contributed by atoms with E-state index in [9.17, 15) is 37.1 Å². The first kappa shape index (κ1) is 32.7. The zero-order chi connectivity index (χ0) is 32.9. The number of anilines is 2. The van der Waals surface area contributed by atoms with Crippen molar-refractivity contribution in [3.63, 3.8) is 0 Å². The minimum atomic E-state index is -4.55. The molecular weight excluding hydrogens is 599 g/mol. The van der Waals surface area contributed by atoms with Crippen LogP contribution >= 0.6 is 0 Å². The second-order valence-electron chi connectivity index (χ2n) is 10.2. The summed E-state index contributed by atoms with van der Waals surface area (Å²) < 4.78 is 48.7. The molecule has 1 unspecified atom stereocenters. The minimum absolute atomic E-state index is 0.0354. The van der Waals surface area contributed by atoms with Crippen molar-refractivity contribution in [3.8, 4) is 5.75 Å². The summed E-state index contributed by atoms with van der Waals surface area (Å²) in [6, 6.07) is 5.70. The molecule has 45 heavy (non-hydrogen) atoms. The first-order valence-corrected chi connectivity index (χ1v) is 14.0. The Bertz CT molecular complexity index is 1620. The summed E-state index contributed by atoms with van der Waals surface area (Å²) in [6.07, 6.45) is -0.740. The number of imide groups is 1. The Morgan fingerprint density at radius 3 is 2.36 bits per heavy atom. The molecule has 2 aliphatic rings. The summed E-state index contributed by atoms with van der Waals surface area (Å²) >= 11 is 0. The molecule has 15 heteroatoms. The Labute approximate surface area is 255 Å². The van der Waals surface area contributed by atoms with Gasteiger partial charge >= 0.3 is 6.18 Å². The number of alkyl halides is 3. The number of unbranched alkanes of at least 4 members (excludes halogenated alkanes) is 1. The molecule has 3 N–H and O–H groups in total. The average Bonchev–Trinajstić information content (AvgIpc) is 3.63. The molecule has 1 saturated heterocycles. The highest BCUT2D eigenvalue weighted by Gasteiger charge is 2.40. The molecule has 3 heterocycles. The molecule has 1 fully saturated rings. The van der Waals surface area contributed by atoms with Crippen LogP contribution in [0.2, 0.25) is 0 Å². The monoisotopic (exact) mass is 629 g/mol. The van der Waals surface area contributed by atoms with E-state index in [1.165, 1.54) is 37.0 Å². The molecule has 12 nitrogen and oxygen atoms in total. The summed E-state index contributed by atoms with van der Waals surface area (Å²) in [4.78, 5) is 64.4. The zero-order valence-corrected chi connectivity index (χ0v) is 24.5. The van der Waals surface area contributed by atoms with Crippen LogP contribution in [-0.2, 0) is 22.3 Å². The van der Waals surface area contributed by atoms with Gasteiger partial charge in [0, 0.05) is 30.3 Å². The lowest BCUT2D eigenvalue weighted by Crippen LogP contribution is -2.52. The molecule has 3 aromatic rings. The highest BCUT2D eigenvalue weighted by atomic mass is 19.4. The molecule has 5 rings (SSSR count). The normalized spacial score (nSPS) is 15.9. The van der Waals surface area contributed by atoms with E-state index in [4.69, 9.17) is 9.26 Å². The Kier molecular flexibility index (Phi) is 9.89. The molecule has 0 spiro atoms. The van der Waals surface area contributed by atoms with Crippen molar-refractivity contribution in [1.82, 2.24) is 15.4 Å². The fourth-order valence-electron chi connectivity index (χ4n) is 4.55. The van der Waals surface area contributed by atoms with Crippen molar-refractivity contribution in [2.45, 2.75) is 58.3 Å². The van der Waals surface area contributed by atoms with Crippen molar-refractivity contribution < 1.29 is 46.4 Å². The number of nitrogens with one attached hydrogen (secondary N) is 3. The van der Waals surface area contributed by atoms with E-state index in [-0.39, 0.29) is 47.6 Å². The molecule has 0 saturated carbocycles. The highest BCUT2D eigenvalue weighted by Crippen LogP contribution is 2.36. The van der Waals surface area contributed by atoms with Crippen LogP contribution in [0.15, 0.2) is 47.1 Å². The Morgan fingerprint density at radius 2 is 1.76 bits per heavy atom. The fraction of sp³-hybridized carbons (Fsp3) is 0.333. The molecule has 238 valence electrons. The second kappa shape index (κ2) is 13.6. The number of halogens is 3. The van der Waals surface area contributed by atoms with Crippen molar-refractivity contribution >= 4 is 40.9 Å². The summed E-state index contributed by atoms with van der Waals surface area (Å²) in [5.41, 5.74) is -0.498. The summed E-state index contributed by atoms with van der Waals surface area (Å²) in [7, 11) is 1.35. The van der Waals surface area contributed by atoms with E-state index in [1.54, 1.807) is 0 Å². The molecule has 0 bridgehead atoms. The highest BCUT2D eigenvalue weighted by molar-refractivity contribution is 6.14. The molecular formula is C30H30F3N5O7. The number of aromatic nitrogens is 1. The SMILES string of the molecule is CCCC.COc1cc(NC(=O)c2oncc2C(=O)Nc2ccc(C(F)(F)F)cc2)c2c(c1)C(=O)N(C1CCC(=O)NC1=O)C2. The lowest BCUT2D eigenvalue weighted by Gasteiger charge is -2.29. The third kappa shape index (κ3) is 7.30. The number of benzene rings is 2. The number of carbonyl (C=O) groups excluding carboxylic acids is 5. The molecule has 0 radical (unpaired) electrons. The van der Waals surface area contributed by atoms with Crippen LogP contribution in [0, 0.1) is 0 Å². The van der Waals surface area contributed by atoms with Crippen LogP contribution in [0.3, 0.4) is 0 Å². The van der Waals surface area contributed by atoms with Crippen LogP contribution < -0.4 is 20.7 Å². The van der Waals surface area contributed by atoms with Crippen LogP contribution in [0.5, 0.6) is 5.75 Å². The molecule has 2 aromatic carbocycles. The van der Waals surface area contributed by atoms with Gasteiger partial charge in [-0.05, 0) is 36.8 Å². The number of carbonyl (C=O) groups is 5. The van der Waals surface area contributed by atoms with Crippen LogP contribution in [0.1, 0.15) is 81.9 Å². The summed E-state index contributed by atoms with van der Waals surface area (Å²) in [5, 5.41) is 10.7. The van der Waals surface area contributed by atoms with E-state index in [0.29, 0.717) is 5.56 Å². The second-order valence-corrected chi connectivity index (χ2v) is 10.2. The standard InChI is InChI=1S/C26H20F3N5O7.C4H10/c1-40-14-8-15-17(11-34(25(15)39)19-6-7-20(35)33-23(19)37)18(9-14)32-24(38)21-16(10-30-41-21)22(36)31-13-4-2-12(3-5-13)26(27,28)29;1-3-4-2/h2-5,8-10,19H,6-7,11H2,1H3,(H,31,36)(H,32,38)(H,33,35,37);3-4H2,1-2H3. The first-order valence-electron chi connectivity index (χ1n) is 14.0. The Morgan fingerprint density at radius 1 is 1.07 bits per heavy atom. The lowest BCUT2D eigenvalue weighted by molar-refractivity contribution is -0.138. The number of methoxy groups -OCH3 is 1. The van der Waals surface area contributed by atoms with Gasteiger partial charge < -0.3 is 24.8 Å². The smallest absolute Gasteiger partial charge is 0.416 e. The van der Waals surface area contributed by atoms with Gasteiger partial charge in [-0.25, -0.2) is 0 Å². The van der Waals surface area contributed by atoms with Gasteiger partial charge in [-0.3, -0.25) is 29.3 Å². The first-order chi connectivity index (χ1) is 21.4. The summed E-state index contributed by atoms with van der Waals surface area (Å²) in [6.45, 7) is 4.30. The van der Waals surface area contributed by atoms with Gasteiger partial charge in [-0.1, -0.05) is 31.8 Å². The number of rotatable bonds is 7. The molecule has 0 aliphatic carbocycles. The van der Waals surface area contributed by atoms with Gasteiger partial charge in [0.2, 0.25) is 17.6 Å². The summed E-state index contributed by atoms with van der Waals surface area (Å²) in [5.74, 6) is -3.61. The van der Waals surface area contributed by atoms with Crippen LogP contribution in [0.4, 0.5) is 24.5 Å². The maximum atomic E-state index is 13.2. The predicted molar refractivity (Wildman–Crippen MR) is 153 cm³/mol. The van der Waals surface area contributed by atoms with Crippen molar-refractivity contribution in [3.05, 3.63) is 70.6 Å². The third-order valence-electron chi connectivity index (χ3n) is 7.10. The number of nitrogens with zero attached hydrogens (tertiary/aromatic N) is 2. The quantitative estimate of drug-likeness (QED) is 0.315. The number of hydrogen-bond donors (Lipinski definition) is 3. The van der Waals surface area contributed by atoms with Crippen LogP contribution in [0.25, 0.3) is 0 Å². The van der Waals surface area contributed by atoms with E-state index in [1.807, 2.05) is 0 Å². The molecule has 1 aromatic heterocycles. The fourth-order valence-corrected chi connectivity index (χ4v) is 4.55. The Hall–Kier alpha value is -5.21. The number of fused-ring (bicyclic) bond motifs is 1. The molecule has 5 amide bonds. The third-order valence-corrected chi connectivity index (χ3v) is 7.10. The average molecular weight is 630 g/mol. The van der Waals surface area contributed by atoms with Crippen molar-refractivity contribution in [2.75, 3.05) is 17.7 Å². The Balaban J connectivity index is 0.00000109. The van der Waals surface area contributed by atoms with Gasteiger partial charge in [0.05, 0.1) is 30.1 Å². The maximum absolute atomic E-state index is 13.2. The number of piperidine rings is 1. The van der Waals surface area contributed by atoms with Gasteiger partial charge in [0.25, 0.3) is 17.7 Å². The van der Waals surface area contributed by atoms with E-state index < -0.39 is 53.1 Å². The zero-order valence-electron chi connectivity index (χ0n) is 24.5. The number of amides is 5. The van der Waals surface area contributed by atoms with Gasteiger partial charge in [-0.15, -0.1) is 0 Å². The largest absolute Gasteiger partial charge is 0.497 e. The maximum Gasteiger partial charge on any atom is 0.416 e. The predicted octanol–water partition coefficient (Wildman–Crippen LogP) is 4.77. The topological polar surface area (TPSA) is 160 Å². The van der Waals surface area contributed by atoms with E-state index >= 15 is 0 Å².